The summed E-state index contributed by atoms with van der Waals surface area (Å²) in [7, 11) is 0. The number of benzene rings is 2. The highest BCUT2D eigenvalue weighted by atomic mass is 16.5. The number of ether oxygens (including phenoxy) is 1. The monoisotopic (exact) mass is 338 g/mol. The Labute approximate surface area is 147 Å². The minimum absolute atomic E-state index is 0.204. The molecule has 130 valence electrons. The molecule has 0 amide bonds. The summed E-state index contributed by atoms with van der Waals surface area (Å²) in [4.78, 5) is 14.0. The molecule has 0 unspecified atom stereocenters. The van der Waals surface area contributed by atoms with Crippen molar-refractivity contribution in [2.45, 2.75) is 27.1 Å². The van der Waals surface area contributed by atoms with Crippen molar-refractivity contribution in [2.24, 2.45) is 0 Å². The fraction of sp³-hybridized carbons (Fsp3) is 0.316. The number of nitrogens with zero attached hydrogens (tertiary/aromatic N) is 4. The third-order valence-corrected chi connectivity index (χ3v) is 3.94. The second-order valence-electron chi connectivity index (χ2n) is 6.00. The molecule has 0 fully saturated rings. The molecule has 1 aromatic heterocycles. The Bertz CT molecular complexity index is 842. The van der Waals surface area contributed by atoms with E-state index in [0.29, 0.717) is 19.8 Å². The number of rotatable bonds is 7. The van der Waals surface area contributed by atoms with Gasteiger partial charge in [0, 0.05) is 6.54 Å². The third-order valence-electron chi connectivity index (χ3n) is 3.94. The van der Waals surface area contributed by atoms with Crippen LogP contribution in [0.3, 0.4) is 0 Å². The number of carbonyl (C=O) groups is 1. The van der Waals surface area contributed by atoms with Crippen molar-refractivity contribution in [1.82, 2.24) is 19.9 Å². The summed E-state index contributed by atoms with van der Waals surface area (Å²) in [6, 6.07) is 16.1. The molecule has 0 aliphatic carbocycles. The van der Waals surface area contributed by atoms with Crippen LogP contribution in [0.1, 0.15) is 18.1 Å². The lowest BCUT2D eigenvalue weighted by Gasteiger charge is -2.21. The van der Waals surface area contributed by atoms with Gasteiger partial charge in [0.15, 0.2) is 0 Å². The summed E-state index contributed by atoms with van der Waals surface area (Å²) in [5.41, 5.74) is 4.14. The van der Waals surface area contributed by atoms with Gasteiger partial charge in [-0.3, -0.25) is 9.69 Å². The number of esters is 1. The summed E-state index contributed by atoms with van der Waals surface area (Å²) < 4.78 is 6.92. The van der Waals surface area contributed by atoms with Crippen LogP contribution in [0, 0.1) is 6.92 Å². The molecule has 0 aliphatic heterocycles. The van der Waals surface area contributed by atoms with Crippen LogP contribution < -0.4 is 0 Å². The van der Waals surface area contributed by atoms with Crippen LogP contribution in [0.15, 0.2) is 48.5 Å². The smallest absolute Gasteiger partial charge is 0.320 e. The average Bonchev–Trinajstić information content (AvgIpc) is 3.00. The van der Waals surface area contributed by atoms with Crippen LogP contribution in [0.4, 0.5) is 0 Å². The normalized spacial score (nSPS) is 11.2. The molecule has 6 heteroatoms. The topological polar surface area (TPSA) is 60.2 Å². The molecular weight excluding hydrogens is 316 g/mol. The van der Waals surface area contributed by atoms with Crippen molar-refractivity contribution in [3.63, 3.8) is 0 Å². The Morgan fingerprint density at radius 1 is 1.16 bits per heavy atom. The van der Waals surface area contributed by atoms with E-state index in [1.807, 2.05) is 40.8 Å². The van der Waals surface area contributed by atoms with Gasteiger partial charge in [-0.25, -0.2) is 4.68 Å². The minimum Gasteiger partial charge on any atom is -0.465 e. The first-order chi connectivity index (χ1) is 12.2. The lowest BCUT2D eigenvalue weighted by molar-refractivity contribution is -0.145. The van der Waals surface area contributed by atoms with Crippen molar-refractivity contribution >= 4 is 17.0 Å². The van der Waals surface area contributed by atoms with E-state index in [1.54, 1.807) is 0 Å². The van der Waals surface area contributed by atoms with Crippen molar-refractivity contribution in [2.75, 3.05) is 13.2 Å². The maximum Gasteiger partial charge on any atom is 0.320 e. The number of hydrogen-bond donors (Lipinski definition) is 0. The summed E-state index contributed by atoms with van der Waals surface area (Å²) >= 11 is 0. The van der Waals surface area contributed by atoms with Crippen LogP contribution >= 0.6 is 0 Å². The number of para-hydroxylation sites is 1. The van der Waals surface area contributed by atoms with E-state index >= 15 is 0 Å². The average molecular weight is 338 g/mol. The lowest BCUT2D eigenvalue weighted by atomic mass is 10.1. The summed E-state index contributed by atoms with van der Waals surface area (Å²) in [6.45, 7) is 5.55. The molecule has 25 heavy (non-hydrogen) atoms. The van der Waals surface area contributed by atoms with E-state index in [0.717, 1.165) is 16.6 Å². The second kappa shape index (κ2) is 7.90. The zero-order chi connectivity index (χ0) is 17.6. The van der Waals surface area contributed by atoms with Gasteiger partial charge in [-0.1, -0.05) is 47.2 Å². The molecule has 6 nitrogen and oxygen atoms in total. The first-order valence-corrected chi connectivity index (χ1v) is 8.37. The second-order valence-corrected chi connectivity index (χ2v) is 6.00. The Morgan fingerprint density at radius 2 is 1.92 bits per heavy atom. The molecule has 0 radical (unpaired) electrons. The quantitative estimate of drug-likeness (QED) is 0.620. The van der Waals surface area contributed by atoms with E-state index in [9.17, 15) is 4.79 Å². The molecule has 0 spiro atoms. The molecule has 0 aliphatic rings. The SMILES string of the molecule is CCOC(=O)CN(Cc1ccc(C)cc1)Cn1nnc2ccccc21. The highest BCUT2D eigenvalue weighted by molar-refractivity contribution is 5.74. The van der Waals surface area contributed by atoms with Crippen LogP contribution in [0.25, 0.3) is 11.0 Å². The predicted molar refractivity (Wildman–Crippen MR) is 95.8 cm³/mol. The van der Waals surface area contributed by atoms with E-state index in [4.69, 9.17) is 4.74 Å². The summed E-state index contributed by atoms with van der Waals surface area (Å²) in [6.07, 6.45) is 0. The number of carbonyl (C=O) groups excluding carboxylic acids is 1. The van der Waals surface area contributed by atoms with E-state index in [-0.39, 0.29) is 12.5 Å². The molecule has 0 bridgehead atoms. The lowest BCUT2D eigenvalue weighted by Crippen LogP contribution is -2.33. The predicted octanol–water partition coefficient (Wildman–Crippen LogP) is 2.76. The van der Waals surface area contributed by atoms with Gasteiger partial charge >= 0.3 is 5.97 Å². The van der Waals surface area contributed by atoms with Gasteiger partial charge in [-0.2, -0.15) is 0 Å². The highest BCUT2D eigenvalue weighted by Crippen LogP contribution is 2.13. The van der Waals surface area contributed by atoms with Gasteiger partial charge in [-0.15, -0.1) is 5.10 Å². The molecule has 0 saturated heterocycles. The fourth-order valence-electron chi connectivity index (χ4n) is 2.71. The molecule has 1 heterocycles. The number of aryl methyl sites for hydroxylation is 1. The zero-order valence-corrected chi connectivity index (χ0v) is 14.6. The summed E-state index contributed by atoms with van der Waals surface area (Å²) in [5.74, 6) is -0.237. The first kappa shape index (κ1) is 17.1. The van der Waals surface area contributed by atoms with E-state index < -0.39 is 0 Å². The van der Waals surface area contributed by atoms with E-state index in [1.165, 1.54) is 5.56 Å². The molecular formula is C19H22N4O2. The summed E-state index contributed by atoms with van der Waals surface area (Å²) in [5, 5.41) is 8.39. The Morgan fingerprint density at radius 3 is 2.68 bits per heavy atom. The van der Waals surface area contributed by atoms with Gasteiger partial charge in [0.25, 0.3) is 0 Å². The van der Waals surface area contributed by atoms with Crippen molar-refractivity contribution in [3.8, 4) is 0 Å². The standard InChI is InChI=1S/C19H22N4O2/c1-3-25-19(24)13-22(12-16-10-8-15(2)9-11-16)14-23-18-7-5-4-6-17(18)20-21-23/h4-11H,3,12-14H2,1-2H3. The Balaban J connectivity index is 1.79. The molecule has 3 rings (SSSR count). The molecule has 2 aromatic carbocycles. The molecule has 0 atom stereocenters. The van der Waals surface area contributed by atoms with Gasteiger partial charge in [-0.05, 0) is 31.5 Å². The molecule has 0 N–H and O–H groups in total. The van der Waals surface area contributed by atoms with Gasteiger partial charge in [0.2, 0.25) is 0 Å². The third kappa shape index (κ3) is 4.42. The Kier molecular flexibility index (Phi) is 5.40. The van der Waals surface area contributed by atoms with E-state index in [2.05, 4.69) is 41.5 Å². The molecule has 3 aromatic rings. The van der Waals surface area contributed by atoms with Crippen LogP contribution in [0.5, 0.6) is 0 Å². The minimum atomic E-state index is -0.237. The van der Waals surface area contributed by atoms with Crippen LogP contribution in [-0.4, -0.2) is 39.0 Å². The number of hydrogen-bond acceptors (Lipinski definition) is 5. The highest BCUT2D eigenvalue weighted by Gasteiger charge is 2.15. The first-order valence-electron chi connectivity index (χ1n) is 8.37. The van der Waals surface area contributed by atoms with Gasteiger partial charge < -0.3 is 4.74 Å². The Hall–Kier alpha value is -2.73. The molecule has 0 saturated carbocycles. The van der Waals surface area contributed by atoms with Crippen molar-refractivity contribution < 1.29 is 9.53 Å². The van der Waals surface area contributed by atoms with Crippen molar-refractivity contribution in [1.29, 1.82) is 0 Å². The largest absolute Gasteiger partial charge is 0.465 e. The zero-order valence-electron chi connectivity index (χ0n) is 14.6. The van der Waals surface area contributed by atoms with Crippen LogP contribution in [-0.2, 0) is 22.7 Å². The maximum atomic E-state index is 12.0. The number of fused-ring (bicyclic) bond motifs is 1. The van der Waals surface area contributed by atoms with Crippen molar-refractivity contribution in [3.05, 3.63) is 59.7 Å². The van der Waals surface area contributed by atoms with Gasteiger partial charge in [0.1, 0.15) is 5.52 Å². The van der Waals surface area contributed by atoms with Crippen LogP contribution in [0.2, 0.25) is 0 Å². The fourth-order valence-corrected chi connectivity index (χ4v) is 2.71. The van der Waals surface area contributed by atoms with Gasteiger partial charge in [0.05, 0.1) is 25.3 Å². The maximum absolute atomic E-state index is 12.0. The number of aromatic nitrogens is 3.